The van der Waals surface area contributed by atoms with Gasteiger partial charge in [-0.1, -0.05) is 20.3 Å². The molecular formula is C12H26N2. The van der Waals surface area contributed by atoms with Crippen molar-refractivity contribution in [3.05, 3.63) is 0 Å². The van der Waals surface area contributed by atoms with Crippen LogP contribution in [0.15, 0.2) is 0 Å². The van der Waals surface area contributed by atoms with Crippen molar-refractivity contribution in [3.63, 3.8) is 0 Å². The average Bonchev–Trinajstić information content (AvgIpc) is 2.64. The molecule has 1 rings (SSSR count). The van der Waals surface area contributed by atoms with E-state index in [4.69, 9.17) is 5.73 Å². The largest absolute Gasteiger partial charge is 0.326 e. The highest BCUT2D eigenvalue weighted by Crippen LogP contribution is 2.23. The average molecular weight is 198 g/mol. The zero-order valence-corrected chi connectivity index (χ0v) is 10.00. The highest BCUT2D eigenvalue weighted by atomic mass is 15.2. The van der Waals surface area contributed by atoms with Crippen LogP contribution in [0, 0.1) is 5.92 Å². The summed E-state index contributed by atoms with van der Waals surface area (Å²) >= 11 is 0. The minimum atomic E-state index is 0.357. The van der Waals surface area contributed by atoms with Crippen LogP contribution in [0.2, 0.25) is 0 Å². The third-order valence-electron chi connectivity index (χ3n) is 3.68. The molecule has 2 nitrogen and oxygen atoms in total. The van der Waals surface area contributed by atoms with E-state index < -0.39 is 0 Å². The van der Waals surface area contributed by atoms with Crippen LogP contribution in [-0.4, -0.2) is 30.1 Å². The number of nitrogens with zero attached hydrogens (tertiary/aromatic N) is 1. The monoisotopic (exact) mass is 198 g/mol. The first-order chi connectivity index (χ1) is 6.69. The normalized spacial score (nSPS) is 27.9. The van der Waals surface area contributed by atoms with E-state index in [0.717, 1.165) is 12.3 Å². The van der Waals surface area contributed by atoms with E-state index in [9.17, 15) is 0 Å². The second kappa shape index (κ2) is 5.72. The van der Waals surface area contributed by atoms with Gasteiger partial charge in [-0.05, 0) is 38.6 Å². The Labute approximate surface area is 88.8 Å². The predicted octanol–water partition coefficient (Wildman–Crippen LogP) is 2.23. The maximum Gasteiger partial charge on any atom is 0.0218 e. The molecule has 0 bridgehead atoms. The number of nitrogens with two attached hydrogens (primary N) is 1. The molecule has 0 aliphatic carbocycles. The first-order valence-electron chi connectivity index (χ1n) is 6.18. The number of hydrogen-bond acceptors (Lipinski definition) is 2. The molecule has 0 aromatic heterocycles. The molecule has 2 N–H and O–H groups in total. The van der Waals surface area contributed by atoms with E-state index >= 15 is 0 Å². The predicted molar refractivity (Wildman–Crippen MR) is 62.3 cm³/mol. The lowest BCUT2D eigenvalue weighted by Crippen LogP contribution is -2.44. The second-order valence-electron chi connectivity index (χ2n) is 4.75. The van der Waals surface area contributed by atoms with Crippen molar-refractivity contribution >= 4 is 0 Å². The molecule has 0 amide bonds. The standard InChI is InChI=1S/C12H26N2/c1-4-6-11-7-8-14(9-11)10(3)12(13)5-2/h10-12H,4-9,13H2,1-3H3. The van der Waals surface area contributed by atoms with Crippen LogP contribution in [0.1, 0.15) is 46.5 Å². The molecule has 1 heterocycles. The van der Waals surface area contributed by atoms with E-state index in [1.807, 2.05) is 0 Å². The lowest BCUT2D eigenvalue weighted by atomic mass is 10.0. The van der Waals surface area contributed by atoms with Gasteiger partial charge < -0.3 is 5.73 Å². The molecule has 1 aliphatic rings. The van der Waals surface area contributed by atoms with Gasteiger partial charge in [0.05, 0.1) is 0 Å². The number of rotatable bonds is 5. The molecule has 1 saturated heterocycles. The summed E-state index contributed by atoms with van der Waals surface area (Å²) in [5.41, 5.74) is 6.07. The summed E-state index contributed by atoms with van der Waals surface area (Å²) in [4.78, 5) is 2.58. The second-order valence-corrected chi connectivity index (χ2v) is 4.75. The van der Waals surface area contributed by atoms with Gasteiger partial charge in [0.15, 0.2) is 0 Å². The topological polar surface area (TPSA) is 29.3 Å². The Bertz CT molecular complexity index is 158. The molecule has 0 aromatic rings. The van der Waals surface area contributed by atoms with Crippen LogP contribution < -0.4 is 5.73 Å². The zero-order valence-electron chi connectivity index (χ0n) is 10.00. The van der Waals surface area contributed by atoms with E-state index in [1.165, 1.54) is 32.4 Å². The third kappa shape index (κ3) is 2.96. The van der Waals surface area contributed by atoms with E-state index in [-0.39, 0.29) is 0 Å². The van der Waals surface area contributed by atoms with Gasteiger partial charge in [-0.25, -0.2) is 0 Å². The highest BCUT2D eigenvalue weighted by molar-refractivity contribution is 4.84. The maximum absolute atomic E-state index is 6.07. The molecular weight excluding hydrogens is 172 g/mol. The van der Waals surface area contributed by atoms with Crippen LogP contribution >= 0.6 is 0 Å². The fourth-order valence-electron chi connectivity index (χ4n) is 2.49. The number of hydrogen-bond donors (Lipinski definition) is 1. The fourth-order valence-corrected chi connectivity index (χ4v) is 2.49. The first kappa shape index (κ1) is 12.0. The molecule has 84 valence electrons. The Kier molecular flexibility index (Phi) is 4.90. The fraction of sp³-hybridized carbons (Fsp3) is 1.00. The highest BCUT2D eigenvalue weighted by Gasteiger charge is 2.27. The van der Waals surface area contributed by atoms with Gasteiger partial charge in [0.1, 0.15) is 0 Å². The lowest BCUT2D eigenvalue weighted by molar-refractivity contribution is 0.214. The maximum atomic E-state index is 6.07. The summed E-state index contributed by atoms with van der Waals surface area (Å²) in [6.07, 6.45) is 5.20. The summed E-state index contributed by atoms with van der Waals surface area (Å²) in [6, 6.07) is 0.928. The Hall–Kier alpha value is -0.0800. The van der Waals surface area contributed by atoms with Crippen molar-refractivity contribution in [1.29, 1.82) is 0 Å². The van der Waals surface area contributed by atoms with Crippen molar-refractivity contribution < 1.29 is 0 Å². The Morgan fingerprint density at radius 1 is 1.43 bits per heavy atom. The van der Waals surface area contributed by atoms with Crippen LogP contribution in [-0.2, 0) is 0 Å². The van der Waals surface area contributed by atoms with Crippen molar-refractivity contribution in [1.82, 2.24) is 4.90 Å². The zero-order chi connectivity index (χ0) is 10.6. The lowest BCUT2D eigenvalue weighted by Gasteiger charge is -2.28. The van der Waals surface area contributed by atoms with Gasteiger partial charge in [-0.15, -0.1) is 0 Å². The summed E-state index contributed by atoms with van der Waals surface area (Å²) in [5.74, 6) is 0.937. The number of likely N-dealkylation sites (tertiary alicyclic amines) is 1. The summed E-state index contributed by atoms with van der Waals surface area (Å²) < 4.78 is 0. The van der Waals surface area contributed by atoms with Gasteiger partial charge in [0.2, 0.25) is 0 Å². The molecule has 3 unspecified atom stereocenters. The van der Waals surface area contributed by atoms with Gasteiger partial charge >= 0.3 is 0 Å². The SMILES string of the molecule is CCCC1CCN(C(C)C(N)CC)C1. The van der Waals surface area contributed by atoms with Gasteiger partial charge in [-0.3, -0.25) is 4.90 Å². The van der Waals surface area contributed by atoms with Crippen molar-refractivity contribution in [2.45, 2.75) is 58.5 Å². The van der Waals surface area contributed by atoms with Crippen molar-refractivity contribution in [3.8, 4) is 0 Å². The Balaban J connectivity index is 2.33. The van der Waals surface area contributed by atoms with E-state index in [0.29, 0.717) is 12.1 Å². The minimum Gasteiger partial charge on any atom is -0.326 e. The van der Waals surface area contributed by atoms with E-state index in [1.54, 1.807) is 0 Å². The molecule has 2 heteroatoms. The minimum absolute atomic E-state index is 0.357. The van der Waals surface area contributed by atoms with Crippen LogP contribution in [0.3, 0.4) is 0 Å². The molecule has 0 radical (unpaired) electrons. The smallest absolute Gasteiger partial charge is 0.0218 e. The quantitative estimate of drug-likeness (QED) is 0.734. The summed E-state index contributed by atoms with van der Waals surface area (Å²) in [5, 5.41) is 0. The molecule has 1 aliphatic heterocycles. The molecule has 1 fully saturated rings. The van der Waals surface area contributed by atoms with Crippen molar-refractivity contribution in [2.24, 2.45) is 11.7 Å². The Morgan fingerprint density at radius 2 is 2.14 bits per heavy atom. The molecule has 14 heavy (non-hydrogen) atoms. The van der Waals surface area contributed by atoms with Crippen LogP contribution in [0.4, 0.5) is 0 Å². The first-order valence-corrected chi connectivity index (χ1v) is 6.18. The van der Waals surface area contributed by atoms with Gasteiger partial charge in [0, 0.05) is 18.6 Å². The van der Waals surface area contributed by atoms with Crippen LogP contribution in [0.5, 0.6) is 0 Å². The summed E-state index contributed by atoms with van der Waals surface area (Å²) in [6.45, 7) is 9.29. The van der Waals surface area contributed by atoms with Crippen LogP contribution in [0.25, 0.3) is 0 Å². The van der Waals surface area contributed by atoms with Gasteiger partial charge in [0.25, 0.3) is 0 Å². The summed E-state index contributed by atoms with van der Waals surface area (Å²) in [7, 11) is 0. The van der Waals surface area contributed by atoms with E-state index in [2.05, 4.69) is 25.7 Å². The van der Waals surface area contributed by atoms with Gasteiger partial charge in [-0.2, -0.15) is 0 Å². The molecule has 0 saturated carbocycles. The molecule has 3 atom stereocenters. The van der Waals surface area contributed by atoms with Crippen molar-refractivity contribution in [2.75, 3.05) is 13.1 Å². The molecule has 0 spiro atoms. The third-order valence-corrected chi connectivity index (χ3v) is 3.68. The molecule has 0 aromatic carbocycles. The Morgan fingerprint density at radius 3 is 2.71 bits per heavy atom.